The summed E-state index contributed by atoms with van der Waals surface area (Å²) in [5.74, 6) is 0. The van der Waals surface area contributed by atoms with Crippen LogP contribution in [0.3, 0.4) is 0 Å². The van der Waals surface area contributed by atoms with Gasteiger partial charge in [0, 0.05) is 6.61 Å². The average Bonchev–Trinajstić information content (AvgIpc) is 1.37. The first kappa shape index (κ1) is 9.78. The molecule has 0 unspecified atom stereocenters. The first-order valence-electron chi connectivity index (χ1n) is 1.52. The fourth-order valence-corrected chi connectivity index (χ4v) is 0. The van der Waals surface area contributed by atoms with Crippen molar-refractivity contribution in [3.63, 3.8) is 0 Å². The molecule has 1 nitrogen and oxygen atoms in total. The minimum Gasteiger partial charge on any atom is -1.00 e. The van der Waals surface area contributed by atoms with E-state index in [0.717, 1.165) is 6.42 Å². The summed E-state index contributed by atoms with van der Waals surface area (Å²) in [6, 6.07) is 0. The predicted octanol–water partition coefficient (Wildman–Crippen LogP) is -2.49. The predicted molar refractivity (Wildman–Crippen MR) is 18.5 cm³/mol. The smallest absolute Gasteiger partial charge is 1.00 e. The molecule has 0 radical (unpaired) electrons. The molecule has 0 saturated heterocycles. The van der Waals surface area contributed by atoms with Crippen molar-refractivity contribution in [1.29, 1.82) is 0 Å². The molecule has 0 amide bonds. The molecule has 0 aliphatic rings. The molecule has 0 aromatic heterocycles. The second-order valence-electron chi connectivity index (χ2n) is 0.724. The molecule has 0 aliphatic heterocycles. The largest absolute Gasteiger partial charge is 1.00 e. The maximum absolute atomic E-state index is 7.88. The molecule has 0 saturated carbocycles. The summed E-state index contributed by atoms with van der Waals surface area (Å²) in [6.45, 7) is 2.25. The topological polar surface area (TPSA) is 20.2 Å². The minimum atomic E-state index is 0. The van der Waals surface area contributed by atoms with Gasteiger partial charge in [0.25, 0.3) is 0 Å². The molecule has 0 aromatic rings. The van der Waals surface area contributed by atoms with E-state index in [-0.39, 0.29) is 52.8 Å². The van der Waals surface area contributed by atoms with E-state index < -0.39 is 0 Å². The summed E-state index contributed by atoms with van der Waals surface area (Å²) in [4.78, 5) is 0. The summed E-state index contributed by atoms with van der Waals surface area (Å²) >= 11 is 0. The van der Waals surface area contributed by atoms with Crippen LogP contribution in [0.5, 0.6) is 0 Å². The quantitative estimate of drug-likeness (QED) is 0.361. The molecule has 0 aliphatic carbocycles. The minimum absolute atomic E-state index is 0. The fraction of sp³-hybridized carbons (Fsp3) is 1.00. The van der Waals surface area contributed by atoms with Gasteiger partial charge in [-0.1, -0.05) is 6.92 Å². The molecular weight excluding hydrogens is 91.1 g/mol. The van der Waals surface area contributed by atoms with Crippen LogP contribution in [0.4, 0.5) is 0 Å². The van der Waals surface area contributed by atoms with Crippen LogP contribution >= 0.6 is 0 Å². The number of rotatable bonds is 1. The van der Waals surface area contributed by atoms with Gasteiger partial charge in [0.15, 0.2) is 0 Å². The molecule has 28 valence electrons. The van der Waals surface area contributed by atoms with Crippen LogP contribution in [0.15, 0.2) is 0 Å². The van der Waals surface area contributed by atoms with Gasteiger partial charge in [0.2, 0.25) is 0 Å². The van der Waals surface area contributed by atoms with E-state index in [9.17, 15) is 0 Å². The molecule has 0 spiro atoms. The van der Waals surface area contributed by atoms with E-state index in [4.69, 9.17) is 5.11 Å². The van der Waals surface area contributed by atoms with Crippen LogP contribution < -0.4 is 51.4 Å². The third-order valence-corrected chi connectivity index (χ3v) is 0.224. The van der Waals surface area contributed by atoms with Crippen LogP contribution in [-0.4, -0.2) is 11.7 Å². The van der Waals surface area contributed by atoms with E-state index in [1.807, 2.05) is 6.92 Å². The first-order chi connectivity index (χ1) is 1.91. The normalized spacial score (nSPS) is 6.00. The van der Waals surface area contributed by atoms with Gasteiger partial charge < -0.3 is 6.53 Å². The molecule has 0 bridgehead atoms. The zero-order chi connectivity index (χ0) is 3.41. The van der Waals surface area contributed by atoms with Crippen molar-refractivity contribution in [2.24, 2.45) is 0 Å². The van der Waals surface area contributed by atoms with Gasteiger partial charge in [-0.3, -0.25) is 0 Å². The molecule has 0 aromatic carbocycles. The average molecular weight is 100 g/mol. The molecule has 2 heteroatoms. The standard InChI is InChI=1S/C3H8O.K.H/c1-2-3-4;;/h4H,2-3H2,1H3;;/q;+1;-1. The van der Waals surface area contributed by atoms with E-state index >= 15 is 0 Å². The molecule has 0 heterocycles. The Morgan fingerprint density at radius 3 is 2.00 bits per heavy atom. The van der Waals surface area contributed by atoms with Crippen LogP contribution in [0.25, 0.3) is 0 Å². The molecule has 0 atom stereocenters. The van der Waals surface area contributed by atoms with E-state index in [1.165, 1.54) is 0 Å². The Morgan fingerprint density at radius 2 is 2.00 bits per heavy atom. The number of aliphatic hydroxyl groups is 1. The van der Waals surface area contributed by atoms with Crippen LogP contribution in [0.1, 0.15) is 14.8 Å². The third kappa shape index (κ3) is 10.7. The maximum Gasteiger partial charge on any atom is 1.00 e. The SMILES string of the molecule is CCCO.[H-].[K+]. The maximum atomic E-state index is 7.88. The van der Waals surface area contributed by atoms with Crippen LogP contribution in [-0.2, 0) is 0 Å². The first-order valence-corrected chi connectivity index (χ1v) is 1.52. The van der Waals surface area contributed by atoms with Gasteiger partial charge >= 0.3 is 51.4 Å². The zero-order valence-corrected chi connectivity index (χ0v) is 6.98. The Labute approximate surface area is 76.7 Å². The van der Waals surface area contributed by atoms with Crippen molar-refractivity contribution in [2.75, 3.05) is 6.61 Å². The fourth-order valence-electron chi connectivity index (χ4n) is 0. The van der Waals surface area contributed by atoms with Crippen molar-refractivity contribution in [3.05, 3.63) is 0 Å². The number of aliphatic hydroxyl groups excluding tert-OH is 1. The van der Waals surface area contributed by atoms with Crippen LogP contribution in [0, 0.1) is 0 Å². The van der Waals surface area contributed by atoms with E-state index in [2.05, 4.69) is 0 Å². The van der Waals surface area contributed by atoms with Crippen molar-refractivity contribution in [2.45, 2.75) is 13.3 Å². The molecular formula is C3H9KO. The van der Waals surface area contributed by atoms with Crippen LogP contribution in [0.2, 0.25) is 0 Å². The second-order valence-corrected chi connectivity index (χ2v) is 0.724. The number of hydrogen-bond acceptors (Lipinski definition) is 1. The number of hydrogen-bond donors (Lipinski definition) is 1. The van der Waals surface area contributed by atoms with E-state index in [1.54, 1.807) is 0 Å². The van der Waals surface area contributed by atoms with Gasteiger partial charge in [-0.2, -0.15) is 0 Å². The third-order valence-electron chi connectivity index (χ3n) is 0.224. The molecule has 5 heavy (non-hydrogen) atoms. The molecule has 0 rings (SSSR count). The van der Waals surface area contributed by atoms with Crippen molar-refractivity contribution < 1.29 is 57.9 Å². The molecule has 1 N–H and O–H groups in total. The Morgan fingerprint density at radius 1 is 1.80 bits per heavy atom. The van der Waals surface area contributed by atoms with Gasteiger partial charge in [0.1, 0.15) is 0 Å². The summed E-state index contributed by atoms with van der Waals surface area (Å²) in [7, 11) is 0. The summed E-state index contributed by atoms with van der Waals surface area (Å²) in [5.41, 5.74) is 0. The Bertz CT molecular complexity index is 12.8. The summed E-state index contributed by atoms with van der Waals surface area (Å²) < 4.78 is 0. The monoisotopic (exact) mass is 100 g/mol. The van der Waals surface area contributed by atoms with Crippen molar-refractivity contribution in [1.82, 2.24) is 0 Å². The van der Waals surface area contributed by atoms with Crippen molar-refractivity contribution >= 4 is 0 Å². The van der Waals surface area contributed by atoms with Gasteiger partial charge in [-0.25, -0.2) is 0 Å². The summed E-state index contributed by atoms with van der Waals surface area (Å²) in [5, 5.41) is 7.88. The van der Waals surface area contributed by atoms with Gasteiger partial charge in [0.05, 0.1) is 0 Å². The summed E-state index contributed by atoms with van der Waals surface area (Å²) in [6.07, 6.45) is 0.875. The van der Waals surface area contributed by atoms with Gasteiger partial charge in [-0.05, 0) is 6.42 Å². The Kier molecular flexibility index (Phi) is 17.9. The second kappa shape index (κ2) is 9.14. The zero-order valence-electron chi connectivity index (χ0n) is 4.86. The Hall–Kier alpha value is 1.60. The van der Waals surface area contributed by atoms with Crippen molar-refractivity contribution in [3.8, 4) is 0 Å². The molecule has 0 fully saturated rings. The van der Waals surface area contributed by atoms with Gasteiger partial charge in [-0.15, -0.1) is 0 Å². The van der Waals surface area contributed by atoms with E-state index in [0.29, 0.717) is 6.61 Å². The Balaban J connectivity index is -0.0000000450.